The standard InChI is InChI=1S/C13H26OSi/c1-12(2,3)15(4,5)14-13-9-7-6-8-11(13)10-13/h11H,6-10H2,1-5H3. The van der Waals surface area contributed by atoms with E-state index in [2.05, 4.69) is 33.9 Å². The molecule has 0 aromatic heterocycles. The molecule has 2 aliphatic rings. The first-order valence-corrected chi connectivity index (χ1v) is 9.38. The predicted molar refractivity (Wildman–Crippen MR) is 67.6 cm³/mol. The normalized spacial score (nSPS) is 36.2. The van der Waals surface area contributed by atoms with Crippen molar-refractivity contribution in [1.82, 2.24) is 0 Å². The highest BCUT2D eigenvalue weighted by Gasteiger charge is 2.59. The molecule has 0 aromatic carbocycles. The fraction of sp³-hybridized carbons (Fsp3) is 1.00. The summed E-state index contributed by atoms with van der Waals surface area (Å²) in [6.07, 6.45) is 6.96. The zero-order chi connectivity index (χ0) is 11.3. The van der Waals surface area contributed by atoms with Gasteiger partial charge < -0.3 is 4.43 Å². The first kappa shape index (κ1) is 11.7. The van der Waals surface area contributed by atoms with Gasteiger partial charge in [0.1, 0.15) is 0 Å². The minimum atomic E-state index is -1.52. The molecule has 0 bridgehead atoms. The van der Waals surface area contributed by atoms with Crippen LogP contribution in [0.3, 0.4) is 0 Å². The molecule has 0 aromatic rings. The smallest absolute Gasteiger partial charge is 0.192 e. The second kappa shape index (κ2) is 3.33. The Hall–Kier alpha value is 0.177. The summed E-state index contributed by atoms with van der Waals surface area (Å²) in [6.45, 7) is 11.8. The van der Waals surface area contributed by atoms with Crippen LogP contribution in [-0.4, -0.2) is 13.9 Å². The summed E-state index contributed by atoms with van der Waals surface area (Å²) in [5.41, 5.74) is 0.348. The molecule has 2 fully saturated rings. The van der Waals surface area contributed by atoms with Gasteiger partial charge in [-0.3, -0.25) is 0 Å². The monoisotopic (exact) mass is 226 g/mol. The van der Waals surface area contributed by atoms with Crippen LogP contribution in [-0.2, 0) is 4.43 Å². The van der Waals surface area contributed by atoms with Crippen LogP contribution in [0.4, 0.5) is 0 Å². The van der Waals surface area contributed by atoms with E-state index in [9.17, 15) is 0 Å². The van der Waals surface area contributed by atoms with Gasteiger partial charge in [0.05, 0.1) is 5.60 Å². The summed E-state index contributed by atoms with van der Waals surface area (Å²) in [5, 5.41) is 0.367. The van der Waals surface area contributed by atoms with Crippen LogP contribution < -0.4 is 0 Å². The van der Waals surface area contributed by atoms with E-state index in [0.717, 1.165) is 5.92 Å². The second-order valence-corrected chi connectivity index (χ2v) is 11.8. The van der Waals surface area contributed by atoms with Crippen LogP contribution in [0.15, 0.2) is 0 Å². The molecule has 0 N–H and O–H groups in total. The molecule has 0 spiro atoms. The Morgan fingerprint density at radius 3 is 2.40 bits per heavy atom. The lowest BCUT2D eigenvalue weighted by Crippen LogP contribution is -2.45. The maximum Gasteiger partial charge on any atom is 0.192 e. The van der Waals surface area contributed by atoms with Gasteiger partial charge in [-0.2, -0.15) is 0 Å². The van der Waals surface area contributed by atoms with Gasteiger partial charge in [-0.25, -0.2) is 0 Å². The lowest BCUT2D eigenvalue weighted by Gasteiger charge is -2.41. The van der Waals surface area contributed by atoms with Gasteiger partial charge in [0.15, 0.2) is 8.32 Å². The van der Waals surface area contributed by atoms with Gasteiger partial charge in [0.2, 0.25) is 0 Å². The lowest BCUT2D eigenvalue weighted by molar-refractivity contribution is 0.111. The summed E-state index contributed by atoms with van der Waals surface area (Å²) in [4.78, 5) is 0. The first-order valence-electron chi connectivity index (χ1n) is 6.47. The van der Waals surface area contributed by atoms with Gasteiger partial charge in [-0.1, -0.05) is 33.6 Å². The van der Waals surface area contributed by atoms with Crippen molar-refractivity contribution in [3.05, 3.63) is 0 Å². The number of hydrogen-bond acceptors (Lipinski definition) is 1. The quantitative estimate of drug-likeness (QED) is 0.636. The first-order chi connectivity index (χ1) is 6.77. The Morgan fingerprint density at radius 1 is 1.20 bits per heavy atom. The molecule has 2 rings (SSSR count). The highest BCUT2D eigenvalue weighted by atomic mass is 28.4. The molecule has 15 heavy (non-hydrogen) atoms. The van der Waals surface area contributed by atoms with Crippen LogP contribution in [0.25, 0.3) is 0 Å². The van der Waals surface area contributed by atoms with E-state index in [1.54, 1.807) is 0 Å². The van der Waals surface area contributed by atoms with E-state index in [4.69, 9.17) is 4.43 Å². The molecule has 1 nitrogen and oxygen atoms in total. The molecule has 0 saturated heterocycles. The number of fused-ring (bicyclic) bond motifs is 1. The summed E-state index contributed by atoms with van der Waals surface area (Å²) >= 11 is 0. The molecule has 2 atom stereocenters. The van der Waals surface area contributed by atoms with Crippen molar-refractivity contribution in [2.75, 3.05) is 0 Å². The van der Waals surface area contributed by atoms with Crippen LogP contribution >= 0.6 is 0 Å². The Labute approximate surface area is 95.7 Å². The van der Waals surface area contributed by atoms with Crippen molar-refractivity contribution >= 4 is 8.32 Å². The fourth-order valence-corrected chi connectivity index (χ4v) is 4.36. The van der Waals surface area contributed by atoms with Crippen molar-refractivity contribution < 1.29 is 4.43 Å². The van der Waals surface area contributed by atoms with E-state index < -0.39 is 8.32 Å². The minimum absolute atomic E-state index is 0.348. The van der Waals surface area contributed by atoms with Gasteiger partial charge in [-0.05, 0) is 43.3 Å². The molecule has 2 unspecified atom stereocenters. The Morgan fingerprint density at radius 2 is 1.87 bits per heavy atom. The van der Waals surface area contributed by atoms with Crippen molar-refractivity contribution in [3.8, 4) is 0 Å². The third-order valence-electron chi connectivity index (χ3n) is 4.84. The maximum absolute atomic E-state index is 6.64. The third kappa shape index (κ3) is 2.03. The Bertz CT molecular complexity index is 254. The molecule has 0 aliphatic heterocycles. The molecular formula is C13H26OSi. The molecule has 2 heteroatoms. The SMILES string of the molecule is CC(C)(C)[Si](C)(C)OC12CCCCC1C2. The van der Waals surface area contributed by atoms with Crippen molar-refractivity contribution in [1.29, 1.82) is 0 Å². The van der Waals surface area contributed by atoms with Gasteiger partial charge in [-0.15, -0.1) is 0 Å². The van der Waals surface area contributed by atoms with E-state index in [1.165, 1.54) is 32.1 Å². The van der Waals surface area contributed by atoms with E-state index in [1.807, 2.05) is 0 Å². The zero-order valence-electron chi connectivity index (χ0n) is 11.0. The summed E-state index contributed by atoms with van der Waals surface area (Å²) in [6, 6.07) is 0. The average Bonchev–Trinajstić information content (AvgIpc) is 2.74. The summed E-state index contributed by atoms with van der Waals surface area (Å²) in [7, 11) is -1.52. The van der Waals surface area contributed by atoms with Crippen molar-refractivity contribution in [2.24, 2.45) is 5.92 Å². The minimum Gasteiger partial charge on any atom is -0.411 e. The summed E-state index contributed by atoms with van der Waals surface area (Å²) in [5.74, 6) is 0.917. The molecule has 0 amide bonds. The largest absolute Gasteiger partial charge is 0.411 e. The van der Waals surface area contributed by atoms with Gasteiger partial charge in [0.25, 0.3) is 0 Å². The second-order valence-electron chi connectivity index (χ2n) is 7.07. The average molecular weight is 226 g/mol. The van der Waals surface area contributed by atoms with Crippen molar-refractivity contribution in [2.45, 2.75) is 76.6 Å². The van der Waals surface area contributed by atoms with Crippen LogP contribution in [0.1, 0.15) is 52.9 Å². The highest BCUT2D eigenvalue weighted by molar-refractivity contribution is 6.74. The number of rotatable bonds is 2. The molecule has 2 aliphatic carbocycles. The van der Waals surface area contributed by atoms with Crippen LogP contribution in [0.5, 0.6) is 0 Å². The van der Waals surface area contributed by atoms with E-state index in [0.29, 0.717) is 10.6 Å². The van der Waals surface area contributed by atoms with E-state index in [-0.39, 0.29) is 0 Å². The Balaban J connectivity index is 2.03. The fourth-order valence-electron chi connectivity index (χ4n) is 2.68. The third-order valence-corrected chi connectivity index (χ3v) is 9.37. The summed E-state index contributed by atoms with van der Waals surface area (Å²) < 4.78 is 6.64. The van der Waals surface area contributed by atoms with E-state index >= 15 is 0 Å². The van der Waals surface area contributed by atoms with Gasteiger partial charge >= 0.3 is 0 Å². The molecule has 0 radical (unpaired) electrons. The Kier molecular flexibility index (Phi) is 2.59. The maximum atomic E-state index is 6.64. The topological polar surface area (TPSA) is 9.23 Å². The molecule has 0 heterocycles. The van der Waals surface area contributed by atoms with Crippen LogP contribution in [0, 0.1) is 5.92 Å². The molecule has 2 saturated carbocycles. The van der Waals surface area contributed by atoms with Crippen LogP contribution in [0.2, 0.25) is 18.1 Å². The number of hydrogen-bond donors (Lipinski definition) is 0. The lowest BCUT2D eigenvalue weighted by atomic mass is 9.98. The van der Waals surface area contributed by atoms with Gasteiger partial charge in [0, 0.05) is 0 Å². The zero-order valence-corrected chi connectivity index (χ0v) is 12.0. The highest BCUT2D eigenvalue weighted by Crippen LogP contribution is 2.59. The van der Waals surface area contributed by atoms with Crippen molar-refractivity contribution in [3.63, 3.8) is 0 Å². The molecule has 88 valence electrons. The molecular weight excluding hydrogens is 200 g/mol. The predicted octanol–water partition coefficient (Wildman–Crippen LogP) is 4.34.